The fraction of sp³-hybridized carbons (Fsp3) is 0.267. The molecule has 8 nitrogen and oxygen atoms in total. The van der Waals surface area contributed by atoms with Gasteiger partial charge in [-0.3, -0.25) is 10.1 Å². The molecule has 3 rings (SSSR count). The molecule has 1 aromatic heterocycles. The van der Waals surface area contributed by atoms with Crippen molar-refractivity contribution in [1.29, 1.82) is 0 Å². The van der Waals surface area contributed by atoms with E-state index in [0.717, 1.165) is 0 Å². The molecular formula is C15H15FN4O4S. The van der Waals surface area contributed by atoms with E-state index in [1.54, 1.807) is 11.0 Å². The molecule has 1 aromatic carbocycles. The van der Waals surface area contributed by atoms with Gasteiger partial charge in [0.2, 0.25) is 16.0 Å². The van der Waals surface area contributed by atoms with Gasteiger partial charge in [-0.1, -0.05) is 18.2 Å². The minimum Gasteiger partial charge on any atom is -0.354 e. The van der Waals surface area contributed by atoms with Gasteiger partial charge in [0.1, 0.15) is 5.82 Å². The number of nitro groups is 1. The van der Waals surface area contributed by atoms with Crippen molar-refractivity contribution in [3.05, 3.63) is 58.5 Å². The molecular weight excluding hydrogens is 351 g/mol. The summed E-state index contributed by atoms with van der Waals surface area (Å²) in [5, 5.41) is 11.1. The molecule has 25 heavy (non-hydrogen) atoms. The van der Waals surface area contributed by atoms with Gasteiger partial charge in [0.05, 0.1) is 4.92 Å². The van der Waals surface area contributed by atoms with Crippen LogP contribution in [0.4, 0.5) is 15.9 Å². The highest BCUT2D eigenvalue weighted by molar-refractivity contribution is 7.89. The molecule has 132 valence electrons. The second-order valence-corrected chi connectivity index (χ2v) is 7.34. The molecule has 0 radical (unpaired) electrons. The van der Waals surface area contributed by atoms with E-state index < -0.39 is 26.6 Å². The summed E-state index contributed by atoms with van der Waals surface area (Å²) in [6.07, 6.45) is 0. The molecule has 0 N–H and O–H groups in total. The molecule has 0 atom stereocenters. The highest BCUT2D eigenvalue weighted by atomic mass is 32.2. The van der Waals surface area contributed by atoms with E-state index in [4.69, 9.17) is 0 Å². The minimum atomic E-state index is -3.98. The van der Waals surface area contributed by atoms with Crippen LogP contribution < -0.4 is 4.90 Å². The molecule has 0 saturated carbocycles. The first-order valence-corrected chi connectivity index (χ1v) is 8.94. The molecule has 10 heteroatoms. The molecule has 2 aromatic rings. The zero-order chi connectivity index (χ0) is 18.0. The van der Waals surface area contributed by atoms with Gasteiger partial charge < -0.3 is 4.90 Å². The van der Waals surface area contributed by atoms with Crippen molar-refractivity contribution in [3.63, 3.8) is 0 Å². The van der Waals surface area contributed by atoms with Gasteiger partial charge >= 0.3 is 0 Å². The number of pyridine rings is 1. The summed E-state index contributed by atoms with van der Waals surface area (Å²) in [6.45, 7) is 0.895. The molecule has 0 amide bonds. The van der Waals surface area contributed by atoms with E-state index >= 15 is 0 Å². The van der Waals surface area contributed by atoms with E-state index in [0.29, 0.717) is 18.9 Å². The van der Waals surface area contributed by atoms with Crippen molar-refractivity contribution in [2.45, 2.75) is 4.90 Å². The highest BCUT2D eigenvalue weighted by Gasteiger charge is 2.33. The van der Waals surface area contributed by atoms with Crippen LogP contribution in [0, 0.1) is 16.1 Å². The molecule has 0 bridgehead atoms. The van der Waals surface area contributed by atoms with Crippen LogP contribution in [0.1, 0.15) is 0 Å². The number of hydrogen-bond acceptors (Lipinski definition) is 6. The van der Waals surface area contributed by atoms with Crippen LogP contribution in [-0.4, -0.2) is 48.8 Å². The predicted octanol–water partition coefficient (Wildman–Crippen LogP) is 1.64. The first-order valence-electron chi connectivity index (χ1n) is 7.50. The monoisotopic (exact) mass is 366 g/mol. The van der Waals surface area contributed by atoms with Crippen LogP contribution in [0.15, 0.2) is 47.4 Å². The van der Waals surface area contributed by atoms with Crippen LogP contribution in [0.2, 0.25) is 0 Å². The lowest BCUT2D eigenvalue weighted by Gasteiger charge is -2.34. The Morgan fingerprint density at radius 3 is 2.36 bits per heavy atom. The van der Waals surface area contributed by atoms with Crippen LogP contribution in [0.3, 0.4) is 0 Å². The number of sulfonamides is 1. The Morgan fingerprint density at radius 1 is 1.04 bits per heavy atom. The van der Waals surface area contributed by atoms with Crippen molar-refractivity contribution in [2.75, 3.05) is 31.1 Å². The first kappa shape index (κ1) is 17.2. The van der Waals surface area contributed by atoms with Crippen molar-refractivity contribution in [1.82, 2.24) is 9.29 Å². The zero-order valence-corrected chi connectivity index (χ0v) is 13.9. The number of nitrogens with zero attached hydrogens (tertiary/aromatic N) is 4. The summed E-state index contributed by atoms with van der Waals surface area (Å²) in [7, 11) is -3.98. The van der Waals surface area contributed by atoms with Gasteiger partial charge in [-0.05, 0) is 18.2 Å². The maximum atomic E-state index is 13.2. The quantitative estimate of drug-likeness (QED) is 0.464. The average molecular weight is 366 g/mol. The van der Waals surface area contributed by atoms with Gasteiger partial charge in [-0.2, -0.15) is 8.70 Å². The Bertz CT molecular complexity index is 898. The third-order valence-electron chi connectivity index (χ3n) is 3.94. The van der Waals surface area contributed by atoms with E-state index in [2.05, 4.69) is 4.98 Å². The first-order chi connectivity index (χ1) is 11.9. The largest absolute Gasteiger partial charge is 0.354 e. The Kier molecular flexibility index (Phi) is 4.64. The van der Waals surface area contributed by atoms with Crippen LogP contribution >= 0.6 is 0 Å². The van der Waals surface area contributed by atoms with E-state index in [9.17, 15) is 22.9 Å². The standard InChI is InChI=1S/C15H15FN4O4S/c16-14-6-3-7-15(17-14)18-8-10-19(11-9-18)25(23,24)13-5-2-1-4-12(13)20(21)22/h1-7H,8-11H2. The lowest BCUT2D eigenvalue weighted by atomic mass is 10.3. The average Bonchev–Trinajstić information content (AvgIpc) is 2.62. The van der Waals surface area contributed by atoms with E-state index in [1.807, 2.05) is 0 Å². The lowest BCUT2D eigenvalue weighted by Crippen LogP contribution is -2.49. The van der Waals surface area contributed by atoms with Crippen LogP contribution in [0.25, 0.3) is 0 Å². The molecule has 0 aliphatic carbocycles. The topological polar surface area (TPSA) is 96.6 Å². The summed E-state index contributed by atoms with van der Waals surface area (Å²) >= 11 is 0. The second kappa shape index (κ2) is 6.73. The van der Waals surface area contributed by atoms with Gasteiger partial charge in [0, 0.05) is 32.2 Å². The number of rotatable bonds is 4. The smallest absolute Gasteiger partial charge is 0.289 e. The molecule has 0 spiro atoms. The van der Waals surface area contributed by atoms with Crippen LogP contribution in [-0.2, 0) is 10.0 Å². The number of para-hydroxylation sites is 1. The Morgan fingerprint density at radius 2 is 1.72 bits per heavy atom. The van der Waals surface area contributed by atoms with Crippen LogP contribution in [0.5, 0.6) is 0 Å². The van der Waals surface area contributed by atoms with Gasteiger partial charge in [-0.15, -0.1) is 0 Å². The number of halogens is 1. The SMILES string of the molecule is O=[N+]([O-])c1ccccc1S(=O)(=O)N1CCN(c2cccc(F)n2)CC1. The number of piperazine rings is 1. The summed E-state index contributed by atoms with van der Waals surface area (Å²) in [5.74, 6) is -0.171. The van der Waals surface area contributed by atoms with Gasteiger partial charge in [0.25, 0.3) is 5.69 Å². The number of hydrogen-bond donors (Lipinski definition) is 0. The Labute approximate surface area is 143 Å². The third-order valence-corrected chi connectivity index (χ3v) is 5.89. The molecule has 2 heterocycles. The zero-order valence-electron chi connectivity index (χ0n) is 13.1. The molecule has 1 fully saturated rings. The number of anilines is 1. The minimum absolute atomic E-state index is 0.132. The lowest BCUT2D eigenvalue weighted by molar-refractivity contribution is -0.387. The maximum Gasteiger partial charge on any atom is 0.289 e. The maximum absolute atomic E-state index is 13.2. The van der Waals surface area contributed by atoms with Crippen molar-refractivity contribution < 1.29 is 17.7 Å². The Balaban J connectivity index is 1.79. The summed E-state index contributed by atoms with van der Waals surface area (Å²) in [5.41, 5.74) is -0.447. The second-order valence-electron chi connectivity index (χ2n) is 5.43. The summed E-state index contributed by atoms with van der Waals surface area (Å²) in [6, 6.07) is 9.69. The molecule has 1 aliphatic rings. The normalized spacial score (nSPS) is 16.0. The fourth-order valence-electron chi connectivity index (χ4n) is 2.70. The van der Waals surface area contributed by atoms with Crippen molar-refractivity contribution in [3.8, 4) is 0 Å². The van der Waals surface area contributed by atoms with E-state index in [-0.39, 0.29) is 18.0 Å². The number of benzene rings is 1. The number of nitro benzene ring substituents is 1. The molecule has 1 aliphatic heterocycles. The van der Waals surface area contributed by atoms with Crippen molar-refractivity contribution >= 4 is 21.5 Å². The van der Waals surface area contributed by atoms with Gasteiger partial charge in [-0.25, -0.2) is 13.4 Å². The van der Waals surface area contributed by atoms with Gasteiger partial charge in [0.15, 0.2) is 4.90 Å². The predicted molar refractivity (Wildman–Crippen MR) is 88.3 cm³/mol. The molecule has 0 unspecified atom stereocenters. The fourth-order valence-corrected chi connectivity index (χ4v) is 4.28. The number of aromatic nitrogens is 1. The summed E-state index contributed by atoms with van der Waals surface area (Å²) < 4.78 is 39.9. The van der Waals surface area contributed by atoms with Crippen molar-refractivity contribution in [2.24, 2.45) is 0 Å². The highest BCUT2D eigenvalue weighted by Crippen LogP contribution is 2.27. The summed E-state index contributed by atoms with van der Waals surface area (Å²) in [4.78, 5) is 15.6. The molecule has 1 saturated heterocycles. The van der Waals surface area contributed by atoms with E-state index in [1.165, 1.54) is 40.7 Å². The third kappa shape index (κ3) is 3.44. The Hall–Kier alpha value is -2.59.